The molecule has 2 aromatic rings. The van der Waals surface area contributed by atoms with E-state index in [9.17, 15) is 14.7 Å². The molecule has 0 spiro atoms. The van der Waals surface area contributed by atoms with Crippen LogP contribution in [-0.4, -0.2) is 45.2 Å². The summed E-state index contributed by atoms with van der Waals surface area (Å²) >= 11 is 6.59. The van der Waals surface area contributed by atoms with Gasteiger partial charge in [-0.3, -0.25) is 4.79 Å². The molecule has 36 heavy (non-hydrogen) atoms. The van der Waals surface area contributed by atoms with E-state index < -0.39 is 11.6 Å². The van der Waals surface area contributed by atoms with Gasteiger partial charge in [-0.15, -0.1) is 0 Å². The second-order valence-corrected chi connectivity index (χ2v) is 11.9. The topological polar surface area (TPSA) is 87.1 Å². The number of aliphatic hydroxyl groups is 1. The van der Waals surface area contributed by atoms with E-state index in [1.165, 1.54) is 0 Å². The maximum absolute atomic E-state index is 13.5. The smallest absolute Gasteiger partial charge is 0.335 e. The van der Waals surface area contributed by atoms with Crippen LogP contribution in [0.2, 0.25) is 5.02 Å². The van der Waals surface area contributed by atoms with Crippen LogP contribution in [-0.2, 0) is 17.8 Å². The van der Waals surface area contributed by atoms with Crippen molar-refractivity contribution in [2.45, 2.75) is 63.2 Å². The highest BCUT2D eigenvalue weighted by Crippen LogP contribution is 2.57. The van der Waals surface area contributed by atoms with E-state index in [0.29, 0.717) is 41.0 Å². The molecule has 3 atom stereocenters. The average molecular weight is 510 g/mol. The van der Waals surface area contributed by atoms with Crippen LogP contribution in [0.4, 0.5) is 0 Å². The Balaban J connectivity index is 1.08. The van der Waals surface area contributed by atoms with Gasteiger partial charge in [-0.05, 0) is 98.1 Å². The molecule has 7 heteroatoms. The fraction of sp³-hybridized carbons (Fsp3) is 0.517. The lowest BCUT2D eigenvalue weighted by Crippen LogP contribution is -2.62. The molecular weight excluding hydrogens is 478 g/mol. The molecule has 190 valence electrons. The van der Waals surface area contributed by atoms with Crippen molar-refractivity contribution in [2.75, 3.05) is 6.54 Å². The summed E-state index contributed by atoms with van der Waals surface area (Å²) in [5.74, 6) is 1.35. The van der Waals surface area contributed by atoms with Crippen molar-refractivity contribution in [1.29, 1.82) is 0 Å². The number of carbonyl (C=O) groups is 2. The monoisotopic (exact) mass is 509 g/mol. The van der Waals surface area contributed by atoms with Gasteiger partial charge in [0.1, 0.15) is 12.4 Å². The third kappa shape index (κ3) is 4.39. The molecular formula is C29H32ClNO5. The molecule has 2 N–H and O–H groups in total. The lowest BCUT2D eigenvalue weighted by atomic mass is 9.52. The predicted octanol–water partition coefficient (Wildman–Crippen LogP) is 4.95. The Kier molecular flexibility index (Phi) is 6.00. The molecule has 5 fully saturated rings. The summed E-state index contributed by atoms with van der Waals surface area (Å²) in [6.45, 7) is 1.05. The minimum atomic E-state index is -0.968. The number of carbonyl (C=O) groups excluding carboxylic acids is 1. The van der Waals surface area contributed by atoms with E-state index in [1.807, 2.05) is 18.2 Å². The van der Waals surface area contributed by atoms with Gasteiger partial charge in [-0.25, -0.2) is 4.79 Å². The predicted molar refractivity (Wildman–Crippen MR) is 135 cm³/mol. The van der Waals surface area contributed by atoms with Crippen molar-refractivity contribution in [3.8, 4) is 5.75 Å². The quantitative estimate of drug-likeness (QED) is 0.551. The Morgan fingerprint density at radius 2 is 1.89 bits per heavy atom. The number of ether oxygens (including phenoxy) is 1. The number of hydrogen-bond donors (Lipinski definition) is 2. The number of rotatable bonds is 7. The average Bonchev–Trinajstić information content (AvgIpc) is 3.18. The van der Waals surface area contributed by atoms with Gasteiger partial charge in [0.05, 0.1) is 11.2 Å². The third-order valence-electron chi connectivity index (χ3n) is 8.97. The molecule has 2 aromatic carbocycles. The summed E-state index contributed by atoms with van der Waals surface area (Å²) in [5.41, 5.74) is 1.45. The standard InChI is InChI=1S/C29H32ClNO5/c30-25-12-24(36-16-17-2-1-3-21(8-17)28(33)34)5-4-19(25)11-20-6-7-31(27(20)32)26-22-9-18-10-23(26)15-29(35,13-18)14-22/h1-5,8,12,18,20,22-23,26,35H,6-7,9-11,13-16H2,(H,33,34). The summed E-state index contributed by atoms with van der Waals surface area (Å²) in [6.07, 6.45) is 6.44. The van der Waals surface area contributed by atoms with Crippen LogP contribution in [0.15, 0.2) is 42.5 Å². The number of hydrogen-bond acceptors (Lipinski definition) is 4. The number of likely N-dealkylation sites (tertiary alicyclic amines) is 1. The summed E-state index contributed by atoms with van der Waals surface area (Å²) in [4.78, 5) is 26.8. The Bertz CT molecular complexity index is 1180. The lowest BCUT2D eigenvalue weighted by Gasteiger charge is -2.59. The van der Waals surface area contributed by atoms with Crippen LogP contribution < -0.4 is 4.74 Å². The Labute approximate surface area is 216 Å². The number of carboxylic acids is 1. The van der Waals surface area contributed by atoms with Crippen molar-refractivity contribution in [1.82, 2.24) is 4.90 Å². The van der Waals surface area contributed by atoms with Gasteiger partial charge >= 0.3 is 5.97 Å². The van der Waals surface area contributed by atoms with Gasteiger partial charge in [-0.2, -0.15) is 0 Å². The van der Waals surface area contributed by atoms with Crippen molar-refractivity contribution in [3.05, 3.63) is 64.2 Å². The van der Waals surface area contributed by atoms with Crippen LogP contribution in [0.5, 0.6) is 5.75 Å². The zero-order valence-electron chi connectivity index (χ0n) is 20.2. The van der Waals surface area contributed by atoms with Crippen LogP contribution in [0.3, 0.4) is 0 Å². The van der Waals surface area contributed by atoms with Crippen LogP contribution in [0.25, 0.3) is 0 Å². The first-order valence-corrected chi connectivity index (χ1v) is 13.4. The normalized spacial score (nSPS) is 32.8. The molecule has 1 amide bonds. The fourth-order valence-electron chi connectivity index (χ4n) is 7.72. The van der Waals surface area contributed by atoms with E-state index in [0.717, 1.165) is 56.2 Å². The summed E-state index contributed by atoms with van der Waals surface area (Å²) in [6, 6.07) is 12.5. The zero-order chi connectivity index (χ0) is 25.0. The zero-order valence-corrected chi connectivity index (χ0v) is 21.0. The van der Waals surface area contributed by atoms with E-state index in [2.05, 4.69) is 4.90 Å². The second-order valence-electron chi connectivity index (χ2n) is 11.5. The van der Waals surface area contributed by atoms with Gasteiger partial charge < -0.3 is 19.8 Å². The molecule has 3 unspecified atom stereocenters. The van der Waals surface area contributed by atoms with E-state index in [1.54, 1.807) is 24.3 Å². The summed E-state index contributed by atoms with van der Waals surface area (Å²) in [5, 5.41) is 20.6. The van der Waals surface area contributed by atoms with Crippen molar-refractivity contribution in [2.24, 2.45) is 23.7 Å². The van der Waals surface area contributed by atoms with Crippen molar-refractivity contribution >= 4 is 23.5 Å². The number of carboxylic acid groups (broad SMARTS) is 1. The highest BCUT2D eigenvalue weighted by Gasteiger charge is 2.57. The van der Waals surface area contributed by atoms with Crippen LogP contribution >= 0.6 is 11.6 Å². The SMILES string of the molecule is O=C(O)c1cccc(COc2ccc(CC3CCN(C4C5CC6CC4CC(O)(C6)C5)C3=O)c(Cl)c2)c1. The van der Waals surface area contributed by atoms with E-state index in [4.69, 9.17) is 21.4 Å². The van der Waals surface area contributed by atoms with Gasteiger partial charge in [0, 0.05) is 23.5 Å². The first-order valence-electron chi connectivity index (χ1n) is 13.0. The van der Waals surface area contributed by atoms with E-state index in [-0.39, 0.29) is 24.0 Å². The van der Waals surface area contributed by atoms with Gasteiger partial charge in [-0.1, -0.05) is 29.8 Å². The number of amides is 1. The minimum Gasteiger partial charge on any atom is -0.489 e. The molecule has 5 aliphatic rings. The largest absolute Gasteiger partial charge is 0.489 e. The summed E-state index contributed by atoms with van der Waals surface area (Å²) in [7, 11) is 0. The maximum atomic E-state index is 13.5. The first-order chi connectivity index (χ1) is 17.3. The fourth-order valence-corrected chi connectivity index (χ4v) is 7.97. The van der Waals surface area contributed by atoms with Crippen LogP contribution in [0.1, 0.15) is 60.0 Å². The van der Waals surface area contributed by atoms with Gasteiger partial charge in [0.25, 0.3) is 0 Å². The molecule has 4 aliphatic carbocycles. The molecule has 4 bridgehead atoms. The molecule has 6 nitrogen and oxygen atoms in total. The molecule has 7 rings (SSSR count). The highest BCUT2D eigenvalue weighted by molar-refractivity contribution is 6.31. The number of benzene rings is 2. The molecule has 4 saturated carbocycles. The molecule has 0 aromatic heterocycles. The Hall–Kier alpha value is -2.57. The highest BCUT2D eigenvalue weighted by atomic mass is 35.5. The lowest BCUT2D eigenvalue weighted by molar-refractivity contribution is -0.168. The molecule has 1 aliphatic heterocycles. The van der Waals surface area contributed by atoms with Crippen molar-refractivity contribution < 1.29 is 24.5 Å². The minimum absolute atomic E-state index is 0.0618. The molecule has 0 radical (unpaired) electrons. The van der Waals surface area contributed by atoms with Crippen molar-refractivity contribution in [3.63, 3.8) is 0 Å². The number of aromatic carboxylic acids is 1. The molecule has 1 saturated heterocycles. The van der Waals surface area contributed by atoms with Crippen LogP contribution in [0, 0.1) is 23.7 Å². The van der Waals surface area contributed by atoms with Gasteiger partial charge in [0.15, 0.2) is 0 Å². The number of nitrogens with zero attached hydrogens (tertiary/aromatic N) is 1. The van der Waals surface area contributed by atoms with Gasteiger partial charge in [0.2, 0.25) is 5.91 Å². The maximum Gasteiger partial charge on any atom is 0.335 e. The first kappa shape index (κ1) is 23.8. The Morgan fingerprint density at radius 1 is 1.11 bits per heavy atom. The third-order valence-corrected chi connectivity index (χ3v) is 9.32. The molecule has 1 heterocycles. The number of halogens is 1. The Morgan fingerprint density at radius 3 is 2.58 bits per heavy atom. The van der Waals surface area contributed by atoms with E-state index >= 15 is 0 Å². The summed E-state index contributed by atoms with van der Waals surface area (Å²) < 4.78 is 5.84. The second kappa shape index (κ2) is 9.07.